The van der Waals surface area contributed by atoms with Crippen molar-refractivity contribution in [2.75, 3.05) is 25.0 Å². The summed E-state index contributed by atoms with van der Waals surface area (Å²) in [5.41, 5.74) is 1.99. The molecule has 4 rings (SSSR count). The minimum Gasteiger partial charge on any atom is -0.478 e. The van der Waals surface area contributed by atoms with Crippen molar-refractivity contribution in [1.29, 1.82) is 0 Å². The van der Waals surface area contributed by atoms with Gasteiger partial charge < -0.3 is 15.3 Å². The third-order valence-corrected chi connectivity index (χ3v) is 5.67. The van der Waals surface area contributed by atoms with Crippen LogP contribution in [0.4, 0.5) is 24.7 Å². The number of anilines is 2. The van der Waals surface area contributed by atoms with Crippen molar-refractivity contribution in [3.8, 4) is 11.1 Å². The van der Waals surface area contributed by atoms with Crippen LogP contribution in [0.5, 0.6) is 0 Å². The first-order chi connectivity index (χ1) is 15.8. The quantitative estimate of drug-likeness (QED) is 0.540. The third kappa shape index (κ3) is 5.67. The molecule has 0 spiro atoms. The van der Waals surface area contributed by atoms with Crippen molar-refractivity contribution in [3.05, 3.63) is 54.7 Å². The number of carboxylic acid groups (broad SMARTS) is 1. The van der Waals surface area contributed by atoms with Crippen LogP contribution < -0.4 is 5.32 Å². The molecule has 1 aliphatic heterocycles. The Labute approximate surface area is 188 Å². The number of halogens is 3. The minimum absolute atomic E-state index is 0.00334. The zero-order chi connectivity index (χ0) is 23.4. The number of carboxylic acids is 1. The molecule has 2 N–H and O–H groups in total. The number of aromatic carboxylic acids is 1. The molecule has 1 fully saturated rings. The van der Waals surface area contributed by atoms with Gasteiger partial charge in [-0.15, -0.1) is 0 Å². The molecule has 3 aromatic heterocycles. The zero-order valence-electron chi connectivity index (χ0n) is 17.7. The maximum Gasteiger partial charge on any atom is 0.390 e. The highest BCUT2D eigenvalue weighted by Gasteiger charge is 2.30. The summed E-state index contributed by atoms with van der Waals surface area (Å²) in [6.45, 7) is 1.11. The molecule has 0 saturated carbocycles. The van der Waals surface area contributed by atoms with E-state index in [4.69, 9.17) is 0 Å². The van der Waals surface area contributed by atoms with Crippen molar-refractivity contribution < 1.29 is 23.1 Å². The van der Waals surface area contributed by atoms with Gasteiger partial charge in [-0.25, -0.2) is 4.79 Å². The Bertz CT molecular complexity index is 1100. The van der Waals surface area contributed by atoms with E-state index in [0.717, 1.165) is 11.1 Å². The number of alkyl halides is 3. The molecule has 0 atom stereocenters. The van der Waals surface area contributed by atoms with Gasteiger partial charge in [-0.3, -0.25) is 14.6 Å². The lowest BCUT2D eigenvalue weighted by Crippen LogP contribution is -2.36. The van der Waals surface area contributed by atoms with Crippen LogP contribution in [0.1, 0.15) is 35.7 Å². The molecule has 3 aromatic rings. The van der Waals surface area contributed by atoms with Crippen molar-refractivity contribution in [2.24, 2.45) is 0 Å². The Morgan fingerprint density at radius 1 is 1.12 bits per heavy atom. The van der Waals surface area contributed by atoms with Crippen LogP contribution >= 0.6 is 0 Å². The van der Waals surface area contributed by atoms with Gasteiger partial charge in [0.25, 0.3) is 0 Å². The maximum absolute atomic E-state index is 12.5. The van der Waals surface area contributed by atoms with E-state index in [-0.39, 0.29) is 18.2 Å². The Kier molecular flexibility index (Phi) is 6.59. The molecule has 11 heteroatoms. The summed E-state index contributed by atoms with van der Waals surface area (Å²) in [6, 6.07) is 5.09. The van der Waals surface area contributed by atoms with Gasteiger partial charge in [-0.2, -0.15) is 18.3 Å². The molecule has 0 radical (unpaired) electrons. The number of hydrogen-bond donors (Lipinski definition) is 2. The number of aromatic nitrogens is 4. The third-order valence-electron chi connectivity index (χ3n) is 5.67. The average Bonchev–Trinajstić information content (AvgIpc) is 3.22. The second-order valence-electron chi connectivity index (χ2n) is 7.90. The number of hydrogen-bond acceptors (Lipinski definition) is 6. The van der Waals surface area contributed by atoms with Gasteiger partial charge in [-0.1, -0.05) is 0 Å². The van der Waals surface area contributed by atoms with Crippen LogP contribution in [-0.2, 0) is 0 Å². The molecule has 1 saturated heterocycles. The molecule has 33 heavy (non-hydrogen) atoms. The molecule has 1 aliphatic rings. The van der Waals surface area contributed by atoms with Gasteiger partial charge in [0.1, 0.15) is 0 Å². The summed E-state index contributed by atoms with van der Waals surface area (Å²) in [5, 5.41) is 17.3. The van der Waals surface area contributed by atoms with Crippen molar-refractivity contribution in [2.45, 2.75) is 31.5 Å². The van der Waals surface area contributed by atoms with Crippen molar-refractivity contribution >= 4 is 17.5 Å². The second kappa shape index (κ2) is 9.57. The van der Waals surface area contributed by atoms with E-state index in [0.29, 0.717) is 37.4 Å². The van der Waals surface area contributed by atoms with Gasteiger partial charge >= 0.3 is 12.1 Å². The van der Waals surface area contributed by atoms with Crippen LogP contribution in [0.3, 0.4) is 0 Å². The number of piperidine rings is 1. The molecule has 0 aromatic carbocycles. The van der Waals surface area contributed by atoms with Crippen molar-refractivity contribution in [1.82, 2.24) is 24.6 Å². The molecular weight excluding hydrogens is 437 g/mol. The lowest BCUT2D eigenvalue weighted by atomic mass is 10.0. The van der Waals surface area contributed by atoms with E-state index in [1.807, 2.05) is 27.9 Å². The van der Waals surface area contributed by atoms with Crippen LogP contribution in [-0.4, -0.2) is 61.5 Å². The normalized spacial score (nSPS) is 15.5. The second-order valence-corrected chi connectivity index (χ2v) is 7.90. The smallest absolute Gasteiger partial charge is 0.390 e. The summed E-state index contributed by atoms with van der Waals surface area (Å²) in [7, 11) is 0. The monoisotopic (exact) mass is 460 g/mol. The Balaban J connectivity index is 1.56. The molecule has 0 unspecified atom stereocenters. The van der Waals surface area contributed by atoms with E-state index < -0.39 is 18.6 Å². The Morgan fingerprint density at radius 3 is 2.48 bits per heavy atom. The van der Waals surface area contributed by atoms with E-state index in [1.165, 1.54) is 18.5 Å². The first-order valence-corrected chi connectivity index (χ1v) is 10.5. The first-order valence-electron chi connectivity index (χ1n) is 10.5. The zero-order valence-corrected chi connectivity index (χ0v) is 17.7. The molecule has 0 bridgehead atoms. The minimum atomic E-state index is -4.15. The lowest BCUT2D eigenvalue weighted by molar-refractivity contribution is -0.138. The van der Waals surface area contributed by atoms with Gasteiger partial charge in [0.05, 0.1) is 29.9 Å². The molecule has 174 valence electrons. The number of likely N-dealkylation sites (tertiary alicyclic amines) is 1. The summed E-state index contributed by atoms with van der Waals surface area (Å²) in [6.07, 6.45) is 4.40. The Hall–Kier alpha value is -3.47. The fourth-order valence-corrected chi connectivity index (χ4v) is 3.91. The molecule has 0 aliphatic carbocycles. The number of nitrogens with zero attached hydrogens (tertiary/aromatic N) is 5. The predicted octanol–water partition coefficient (Wildman–Crippen LogP) is 4.37. The SMILES string of the molecule is O=C(O)c1ccncc1Nc1nn(C2CCN(CCC(F)(F)F)CC2)cc1-c1ccncc1. The number of carbonyl (C=O) groups is 1. The summed E-state index contributed by atoms with van der Waals surface area (Å²) >= 11 is 0. The van der Waals surface area contributed by atoms with Crippen LogP contribution in [0.25, 0.3) is 11.1 Å². The predicted molar refractivity (Wildman–Crippen MR) is 115 cm³/mol. The van der Waals surface area contributed by atoms with Crippen LogP contribution in [0.2, 0.25) is 0 Å². The molecule has 4 heterocycles. The average molecular weight is 460 g/mol. The largest absolute Gasteiger partial charge is 0.478 e. The maximum atomic E-state index is 12.5. The Morgan fingerprint density at radius 2 is 1.82 bits per heavy atom. The summed E-state index contributed by atoms with van der Waals surface area (Å²) in [5.74, 6) is -0.618. The highest BCUT2D eigenvalue weighted by atomic mass is 19.4. The summed E-state index contributed by atoms with van der Waals surface area (Å²) < 4.78 is 39.4. The highest BCUT2D eigenvalue weighted by Crippen LogP contribution is 2.33. The number of pyridine rings is 2. The van der Waals surface area contributed by atoms with Crippen LogP contribution in [0.15, 0.2) is 49.2 Å². The molecular formula is C22H23F3N6O2. The lowest BCUT2D eigenvalue weighted by Gasteiger charge is -2.32. The molecule has 8 nitrogen and oxygen atoms in total. The van der Waals surface area contributed by atoms with Gasteiger partial charge in [-0.05, 0) is 36.6 Å². The molecule has 0 amide bonds. The van der Waals surface area contributed by atoms with Gasteiger partial charge in [0.15, 0.2) is 5.82 Å². The first kappa shape index (κ1) is 22.7. The van der Waals surface area contributed by atoms with Gasteiger partial charge in [0, 0.05) is 50.0 Å². The van der Waals surface area contributed by atoms with E-state index in [1.54, 1.807) is 12.4 Å². The van der Waals surface area contributed by atoms with Crippen LogP contribution in [0, 0.1) is 0 Å². The number of rotatable bonds is 7. The van der Waals surface area contributed by atoms with E-state index >= 15 is 0 Å². The fraction of sp³-hybridized carbons (Fsp3) is 0.364. The topological polar surface area (TPSA) is 96.2 Å². The van der Waals surface area contributed by atoms with E-state index in [2.05, 4.69) is 20.4 Å². The van der Waals surface area contributed by atoms with E-state index in [9.17, 15) is 23.1 Å². The fourth-order valence-electron chi connectivity index (χ4n) is 3.91. The highest BCUT2D eigenvalue weighted by molar-refractivity contribution is 5.95. The standard InChI is InChI=1S/C22H23F3N6O2/c23-22(24,25)6-12-30-10-4-16(5-11-30)31-14-18(15-1-7-26-8-2-15)20(29-31)28-19-13-27-9-3-17(19)21(32)33/h1-3,7-9,13-14,16H,4-6,10-12H2,(H,28,29)(H,32,33). The van der Waals surface area contributed by atoms with Crippen molar-refractivity contribution in [3.63, 3.8) is 0 Å². The number of nitrogens with one attached hydrogen (secondary N) is 1. The van der Waals surface area contributed by atoms with Gasteiger partial charge in [0.2, 0.25) is 0 Å². The summed E-state index contributed by atoms with van der Waals surface area (Å²) in [4.78, 5) is 21.5.